The number of benzene rings is 2. The fraction of sp³-hybridized carbons (Fsp3) is 0.474. The molecule has 7 atom stereocenters. The van der Waals surface area contributed by atoms with Crippen LogP contribution >= 0.6 is 0 Å². The zero-order chi connectivity index (χ0) is 34.7. The number of allylic oxidation sites excluding steroid dienone is 1. The lowest BCUT2D eigenvalue weighted by Gasteiger charge is -2.36. The van der Waals surface area contributed by atoms with E-state index in [9.17, 15) is 24.3 Å². The molecule has 2 saturated heterocycles. The third-order valence-electron chi connectivity index (χ3n) is 10.4. The number of esters is 1. The number of methoxy groups -OCH3 is 1. The summed E-state index contributed by atoms with van der Waals surface area (Å²) in [5.74, 6) is -2.73. The van der Waals surface area contributed by atoms with Gasteiger partial charge in [0.1, 0.15) is 29.4 Å². The second-order valence-electron chi connectivity index (χ2n) is 13.2. The maximum Gasteiger partial charge on any atom is 0.313 e. The lowest BCUT2D eigenvalue weighted by atomic mass is 9.74. The number of cyclic esters (lactones) is 1. The van der Waals surface area contributed by atoms with Crippen molar-refractivity contribution in [2.24, 2.45) is 11.8 Å². The molecule has 5 bridgehead atoms. The molecule has 0 aliphatic carbocycles. The third kappa shape index (κ3) is 6.37. The van der Waals surface area contributed by atoms with Crippen LogP contribution in [-0.2, 0) is 28.7 Å². The zero-order valence-electron chi connectivity index (χ0n) is 28.3. The van der Waals surface area contributed by atoms with Crippen molar-refractivity contribution in [1.82, 2.24) is 9.80 Å². The lowest BCUT2D eigenvalue weighted by molar-refractivity contribution is -0.164. The van der Waals surface area contributed by atoms with Gasteiger partial charge in [0, 0.05) is 38.9 Å². The maximum atomic E-state index is 14.9. The number of carbonyl (C=O) groups is 4. The molecule has 0 aromatic heterocycles. The van der Waals surface area contributed by atoms with E-state index >= 15 is 0 Å². The summed E-state index contributed by atoms with van der Waals surface area (Å²) in [6.45, 7) is 2.33. The van der Waals surface area contributed by atoms with E-state index in [1.165, 1.54) is 0 Å². The molecule has 0 unspecified atom stereocenters. The smallest absolute Gasteiger partial charge is 0.313 e. The Balaban J connectivity index is 1.43. The summed E-state index contributed by atoms with van der Waals surface area (Å²) < 4.78 is 18.2. The molecule has 0 radical (unpaired) electrons. The third-order valence-corrected chi connectivity index (χ3v) is 10.4. The van der Waals surface area contributed by atoms with Gasteiger partial charge in [-0.3, -0.25) is 19.2 Å². The van der Waals surface area contributed by atoms with Crippen molar-refractivity contribution in [3.05, 3.63) is 84.5 Å². The number of nitrogens with zero attached hydrogens (tertiary/aromatic N) is 3. The number of aliphatic hydroxyl groups is 1. The maximum absolute atomic E-state index is 14.9. The van der Waals surface area contributed by atoms with Gasteiger partial charge in [-0.15, -0.1) is 0 Å². The molecule has 11 nitrogen and oxygen atoms in total. The van der Waals surface area contributed by atoms with Crippen molar-refractivity contribution in [1.29, 1.82) is 0 Å². The number of rotatable bonds is 8. The van der Waals surface area contributed by atoms with Crippen molar-refractivity contribution in [2.45, 2.75) is 68.9 Å². The summed E-state index contributed by atoms with van der Waals surface area (Å²) in [6.07, 6.45) is 8.22. The number of anilines is 1. The molecular weight excluding hydrogens is 626 g/mol. The molecule has 4 heterocycles. The summed E-state index contributed by atoms with van der Waals surface area (Å²) in [5, 5.41) is 9.39. The number of hydrogen-bond acceptors (Lipinski definition) is 8. The van der Waals surface area contributed by atoms with E-state index in [1.807, 2.05) is 49.4 Å². The van der Waals surface area contributed by atoms with Crippen LogP contribution in [0.1, 0.15) is 50.7 Å². The van der Waals surface area contributed by atoms with Crippen LogP contribution < -0.4 is 9.64 Å². The van der Waals surface area contributed by atoms with E-state index in [2.05, 4.69) is 0 Å². The summed E-state index contributed by atoms with van der Waals surface area (Å²) >= 11 is 0. The van der Waals surface area contributed by atoms with Gasteiger partial charge < -0.3 is 34.0 Å². The van der Waals surface area contributed by atoms with E-state index in [1.54, 1.807) is 65.3 Å². The Bertz CT molecular complexity index is 1590. The van der Waals surface area contributed by atoms with Gasteiger partial charge in [0.05, 0.1) is 25.2 Å². The molecular formula is C38H45N3O8. The second kappa shape index (κ2) is 14.6. The number of unbranched alkanes of at least 4 members (excludes halogenated alkanes) is 2. The van der Waals surface area contributed by atoms with Crippen LogP contribution in [0.25, 0.3) is 0 Å². The first-order chi connectivity index (χ1) is 23.7. The van der Waals surface area contributed by atoms with E-state index in [4.69, 9.17) is 14.2 Å². The first kappa shape index (κ1) is 34.4. The van der Waals surface area contributed by atoms with Crippen LogP contribution in [0.2, 0.25) is 0 Å². The first-order valence-corrected chi connectivity index (χ1v) is 17.1. The van der Waals surface area contributed by atoms with Crippen molar-refractivity contribution >= 4 is 29.4 Å². The van der Waals surface area contributed by atoms with Gasteiger partial charge in [-0.25, -0.2) is 0 Å². The minimum Gasteiger partial charge on any atom is -0.497 e. The molecule has 1 N–H and O–H groups in total. The quantitative estimate of drug-likeness (QED) is 0.255. The molecule has 2 fully saturated rings. The standard InChI is InChI=1S/C38H45N3O8/c1-25-33(26-13-7-4-8-14-26)48-37(46)31-29-20-21-38(49-29)32(31)35(44)41(23-11-6-12-24-42)34(38)36(45)40(27-16-18-28(47-3)19-17-27)22-10-5-9-15-30(43)39(25)2/h4-5,7-8,10,13-14,16-21,25,29,31-34,42H,6,9,11-12,15,22-24H2,1-3H3/b10-5-/t25-,29+,31-,32-,33+,34+,38-/m0/s1. The van der Waals surface area contributed by atoms with Crippen LogP contribution in [0.4, 0.5) is 5.69 Å². The number of likely N-dealkylation sites (tertiary alicyclic amines) is 1. The molecule has 2 aromatic carbocycles. The SMILES string of the molecule is COc1ccc(N2C/C=C\CCC(=O)N(C)[C@@H](C)[C@H](c3ccccc3)OC(=O)[C@@H]3[C@H]4C(=O)N(CCCCCO)[C@H](C2=O)[C@]42C=C[C@H]3O2)cc1. The van der Waals surface area contributed by atoms with Gasteiger partial charge in [-0.1, -0.05) is 54.6 Å². The van der Waals surface area contributed by atoms with Gasteiger partial charge in [0.25, 0.3) is 5.91 Å². The highest BCUT2D eigenvalue weighted by atomic mass is 16.6. The highest BCUT2D eigenvalue weighted by Crippen LogP contribution is 2.56. The van der Waals surface area contributed by atoms with Crippen molar-refractivity contribution < 1.29 is 38.5 Å². The van der Waals surface area contributed by atoms with Crippen LogP contribution in [0.3, 0.4) is 0 Å². The van der Waals surface area contributed by atoms with Gasteiger partial charge in [-0.05, 0) is 62.4 Å². The van der Waals surface area contributed by atoms with Crippen LogP contribution in [0.5, 0.6) is 5.75 Å². The molecule has 0 saturated carbocycles. The van der Waals surface area contributed by atoms with Crippen LogP contribution in [0, 0.1) is 11.8 Å². The number of fused-ring (bicyclic) bond motifs is 2. The average Bonchev–Trinajstić information content (AvgIpc) is 3.77. The van der Waals surface area contributed by atoms with E-state index in [0.717, 1.165) is 5.56 Å². The van der Waals surface area contributed by atoms with Gasteiger partial charge in [-0.2, -0.15) is 0 Å². The van der Waals surface area contributed by atoms with Crippen molar-refractivity contribution in [3.8, 4) is 5.75 Å². The normalized spacial score (nSPS) is 30.9. The summed E-state index contributed by atoms with van der Waals surface area (Å²) in [6, 6.07) is 14.8. The fourth-order valence-corrected chi connectivity index (χ4v) is 7.66. The molecule has 11 heteroatoms. The topological polar surface area (TPSA) is 126 Å². The van der Waals surface area contributed by atoms with Gasteiger partial charge >= 0.3 is 5.97 Å². The molecule has 4 aliphatic rings. The number of aliphatic hydroxyl groups excluding tert-OH is 1. The minimum absolute atomic E-state index is 0.0314. The van der Waals surface area contributed by atoms with E-state index in [0.29, 0.717) is 37.1 Å². The molecule has 49 heavy (non-hydrogen) atoms. The summed E-state index contributed by atoms with van der Waals surface area (Å²) in [5.41, 5.74) is -0.0482. The number of hydrogen-bond donors (Lipinski definition) is 1. The largest absolute Gasteiger partial charge is 0.497 e. The lowest BCUT2D eigenvalue weighted by Crippen LogP contribution is -2.56. The van der Waals surface area contributed by atoms with E-state index < -0.39 is 47.7 Å². The minimum atomic E-state index is -1.37. The van der Waals surface area contributed by atoms with Gasteiger partial charge in [0.15, 0.2) is 0 Å². The van der Waals surface area contributed by atoms with Crippen molar-refractivity contribution in [2.75, 3.05) is 38.8 Å². The Morgan fingerprint density at radius 1 is 0.959 bits per heavy atom. The highest BCUT2D eigenvalue weighted by molar-refractivity contribution is 6.05. The summed E-state index contributed by atoms with van der Waals surface area (Å²) in [7, 11) is 3.27. The molecule has 260 valence electrons. The Kier molecular flexibility index (Phi) is 10.2. The first-order valence-electron chi connectivity index (χ1n) is 17.1. The predicted octanol–water partition coefficient (Wildman–Crippen LogP) is 3.82. The summed E-state index contributed by atoms with van der Waals surface area (Å²) in [4.78, 5) is 61.9. The Labute approximate surface area is 287 Å². The van der Waals surface area contributed by atoms with Gasteiger partial charge in [0.2, 0.25) is 11.8 Å². The number of ether oxygens (including phenoxy) is 3. The number of likely N-dealkylation sites (N-methyl/N-ethyl adjacent to an activating group) is 1. The number of amides is 3. The molecule has 2 aromatic rings. The van der Waals surface area contributed by atoms with Crippen molar-refractivity contribution in [3.63, 3.8) is 0 Å². The van der Waals surface area contributed by atoms with E-state index in [-0.39, 0.29) is 43.8 Å². The van der Waals surface area contributed by atoms with Crippen LogP contribution in [0.15, 0.2) is 78.9 Å². The fourth-order valence-electron chi connectivity index (χ4n) is 7.66. The monoisotopic (exact) mass is 671 g/mol. The predicted molar refractivity (Wildman–Crippen MR) is 181 cm³/mol. The van der Waals surface area contributed by atoms with Crippen LogP contribution in [-0.4, -0.2) is 96.2 Å². The molecule has 1 spiro atoms. The zero-order valence-corrected chi connectivity index (χ0v) is 28.3. The second-order valence-corrected chi connectivity index (χ2v) is 13.2. The molecule has 4 aliphatic heterocycles. The Morgan fingerprint density at radius 3 is 2.43 bits per heavy atom. The Hall–Kier alpha value is -4.48. The molecule has 6 rings (SSSR count). The highest BCUT2D eigenvalue weighted by Gasteiger charge is 2.73. The average molecular weight is 672 g/mol. The molecule has 3 amide bonds. The number of carbonyl (C=O) groups excluding carboxylic acids is 4. The Morgan fingerprint density at radius 2 is 1.71 bits per heavy atom.